The minimum absolute atomic E-state index is 0.257. The third-order valence-corrected chi connectivity index (χ3v) is 5.57. The second kappa shape index (κ2) is 8.35. The molecule has 29 heavy (non-hydrogen) atoms. The summed E-state index contributed by atoms with van der Waals surface area (Å²) in [6.45, 7) is 2.02. The van der Waals surface area contributed by atoms with Crippen LogP contribution < -0.4 is 5.32 Å². The third-order valence-electron chi connectivity index (χ3n) is 4.43. The summed E-state index contributed by atoms with van der Waals surface area (Å²) in [6.07, 6.45) is 0. The van der Waals surface area contributed by atoms with Gasteiger partial charge in [0.1, 0.15) is 11.9 Å². The molecular weight excluding hydrogens is 457 g/mol. The van der Waals surface area contributed by atoms with Crippen molar-refractivity contribution in [2.45, 2.75) is 13.0 Å². The van der Waals surface area contributed by atoms with Gasteiger partial charge in [0, 0.05) is 20.7 Å². The van der Waals surface area contributed by atoms with Gasteiger partial charge in [0.15, 0.2) is 0 Å². The lowest BCUT2D eigenvalue weighted by Crippen LogP contribution is -2.13. The summed E-state index contributed by atoms with van der Waals surface area (Å²) < 4.78 is 20.5. The molecule has 0 unspecified atom stereocenters. The predicted octanol–water partition coefficient (Wildman–Crippen LogP) is 6.80. The second-order valence-electron chi connectivity index (χ2n) is 6.55. The van der Waals surface area contributed by atoms with Gasteiger partial charge in [-0.25, -0.2) is 4.39 Å². The lowest BCUT2D eigenvalue weighted by atomic mass is 10.1. The normalized spacial score (nSPS) is 12.0. The number of aromatic nitrogens is 2. The van der Waals surface area contributed by atoms with Crippen LogP contribution in [0.2, 0.25) is 5.02 Å². The van der Waals surface area contributed by atoms with Gasteiger partial charge in [0.05, 0.1) is 0 Å². The number of benzene rings is 3. The number of rotatable bonds is 5. The highest BCUT2D eigenvalue weighted by atomic mass is 79.9. The molecular formula is C22H16BrClFN3O. The summed E-state index contributed by atoms with van der Waals surface area (Å²) in [5.41, 5.74) is 3.43. The van der Waals surface area contributed by atoms with Crippen LogP contribution in [0.15, 0.2) is 75.6 Å². The van der Waals surface area contributed by atoms with Crippen LogP contribution >= 0.6 is 27.5 Å². The minimum Gasteiger partial charge on any atom is -0.418 e. The van der Waals surface area contributed by atoms with Crippen molar-refractivity contribution < 1.29 is 8.81 Å². The van der Waals surface area contributed by atoms with Crippen LogP contribution in [0.25, 0.3) is 11.5 Å². The number of aryl methyl sites for hydroxylation is 1. The fourth-order valence-corrected chi connectivity index (χ4v) is 3.31. The molecule has 1 atom stereocenters. The van der Waals surface area contributed by atoms with Gasteiger partial charge in [-0.05, 0) is 66.6 Å². The van der Waals surface area contributed by atoms with E-state index in [4.69, 9.17) is 16.0 Å². The maximum Gasteiger partial charge on any atom is 0.247 e. The zero-order valence-electron chi connectivity index (χ0n) is 15.4. The van der Waals surface area contributed by atoms with Crippen LogP contribution in [0.4, 0.5) is 10.1 Å². The Morgan fingerprint density at radius 3 is 2.55 bits per heavy atom. The molecule has 1 aromatic heterocycles. The Morgan fingerprint density at radius 1 is 1.03 bits per heavy atom. The molecule has 7 heteroatoms. The number of hydrogen-bond acceptors (Lipinski definition) is 4. The maximum absolute atomic E-state index is 13.6. The van der Waals surface area contributed by atoms with Crippen LogP contribution in [0.5, 0.6) is 0 Å². The fraction of sp³-hybridized carbons (Fsp3) is 0.0909. The van der Waals surface area contributed by atoms with Gasteiger partial charge in [0.25, 0.3) is 0 Å². The summed E-state index contributed by atoms with van der Waals surface area (Å²) >= 11 is 9.56. The molecule has 146 valence electrons. The van der Waals surface area contributed by atoms with Crippen molar-refractivity contribution in [2.24, 2.45) is 0 Å². The van der Waals surface area contributed by atoms with E-state index in [1.54, 1.807) is 12.1 Å². The fourth-order valence-electron chi connectivity index (χ4n) is 2.93. The van der Waals surface area contributed by atoms with Crippen molar-refractivity contribution in [3.05, 3.63) is 99.1 Å². The van der Waals surface area contributed by atoms with E-state index in [1.807, 2.05) is 49.4 Å². The molecule has 0 aliphatic carbocycles. The SMILES string of the molecule is Cc1cc(N[C@H](c2ccc(Cl)cc2)c2nnc(-c3cccc(F)c3)o2)ccc1Br. The highest BCUT2D eigenvalue weighted by Crippen LogP contribution is 2.30. The second-order valence-corrected chi connectivity index (χ2v) is 7.84. The molecule has 0 saturated carbocycles. The Morgan fingerprint density at radius 2 is 1.83 bits per heavy atom. The quantitative estimate of drug-likeness (QED) is 0.347. The van der Waals surface area contributed by atoms with E-state index in [0.29, 0.717) is 16.5 Å². The van der Waals surface area contributed by atoms with E-state index in [-0.39, 0.29) is 11.7 Å². The van der Waals surface area contributed by atoms with Crippen molar-refractivity contribution in [1.82, 2.24) is 10.2 Å². The minimum atomic E-state index is -0.400. The number of anilines is 1. The van der Waals surface area contributed by atoms with Gasteiger partial charge >= 0.3 is 0 Å². The molecule has 0 saturated heterocycles. The van der Waals surface area contributed by atoms with E-state index in [9.17, 15) is 4.39 Å². The molecule has 1 N–H and O–H groups in total. The average Bonchev–Trinajstić information content (AvgIpc) is 3.20. The Labute approximate surface area is 180 Å². The van der Waals surface area contributed by atoms with E-state index in [1.165, 1.54) is 12.1 Å². The van der Waals surface area contributed by atoms with Gasteiger partial charge in [0.2, 0.25) is 11.8 Å². The average molecular weight is 473 g/mol. The molecule has 0 aliphatic rings. The molecule has 4 rings (SSSR count). The number of halogens is 3. The van der Waals surface area contributed by atoms with E-state index in [2.05, 4.69) is 31.4 Å². The first-order valence-electron chi connectivity index (χ1n) is 8.87. The highest BCUT2D eigenvalue weighted by molar-refractivity contribution is 9.10. The number of hydrogen-bond donors (Lipinski definition) is 1. The van der Waals surface area contributed by atoms with E-state index in [0.717, 1.165) is 21.3 Å². The smallest absolute Gasteiger partial charge is 0.247 e. The third kappa shape index (κ3) is 4.49. The zero-order valence-corrected chi connectivity index (χ0v) is 17.7. The van der Waals surface area contributed by atoms with Crippen LogP contribution in [-0.4, -0.2) is 10.2 Å². The van der Waals surface area contributed by atoms with Gasteiger partial charge in [-0.15, -0.1) is 10.2 Å². The zero-order chi connectivity index (χ0) is 20.4. The van der Waals surface area contributed by atoms with Crippen LogP contribution in [-0.2, 0) is 0 Å². The van der Waals surface area contributed by atoms with Crippen LogP contribution in [0, 0.1) is 12.7 Å². The summed E-state index contributed by atoms with van der Waals surface area (Å²) in [5.74, 6) is 0.263. The highest BCUT2D eigenvalue weighted by Gasteiger charge is 2.22. The summed E-state index contributed by atoms with van der Waals surface area (Å²) in [7, 11) is 0. The van der Waals surface area contributed by atoms with Gasteiger partial charge in [-0.1, -0.05) is 45.7 Å². The molecule has 1 heterocycles. The Hall–Kier alpha value is -2.70. The molecule has 0 fully saturated rings. The van der Waals surface area contributed by atoms with Crippen molar-refractivity contribution >= 4 is 33.2 Å². The molecule has 0 aliphatic heterocycles. The monoisotopic (exact) mass is 471 g/mol. The maximum atomic E-state index is 13.6. The molecule has 0 radical (unpaired) electrons. The van der Waals surface area contributed by atoms with Crippen LogP contribution in [0.1, 0.15) is 23.1 Å². The lowest BCUT2D eigenvalue weighted by Gasteiger charge is -2.18. The Balaban J connectivity index is 1.72. The number of nitrogens with one attached hydrogen (secondary N) is 1. The lowest BCUT2D eigenvalue weighted by molar-refractivity contribution is 0.493. The standard InChI is InChI=1S/C22H16BrClFN3O/c1-13-11-18(9-10-19(13)23)26-20(14-5-7-16(24)8-6-14)22-28-27-21(29-22)15-3-2-4-17(25)12-15/h2-12,20,26H,1H3/t20-/m1/s1. The first-order valence-corrected chi connectivity index (χ1v) is 10.0. The van der Waals surface area contributed by atoms with Crippen molar-refractivity contribution in [1.29, 1.82) is 0 Å². The molecule has 4 nitrogen and oxygen atoms in total. The predicted molar refractivity (Wildman–Crippen MR) is 115 cm³/mol. The molecule has 3 aromatic carbocycles. The first-order chi connectivity index (χ1) is 14.0. The summed E-state index contributed by atoms with van der Waals surface area (Å²) in [5, 5.41) is 12.4. The van der Waals surface area contributed by atoms with E-state index < -0.39 is 6.04 Å². The summed E-state index contributed by atoms with van der Waals surface area (Å²) in [4.78, 5) is 0. The Kier molecular flexibility index (Phi) is 5.65. The molecule has 0 spiro atoms. The van der Waals surface area contributed by atoms with E-state index >= 15 is 0 Å². The Bertz CT molecular complexity index is 1150. The van der Waals surface area contributed by atoms with Gasteiger partial charge in [-0.3, -0.25) is 0 Å². The van der Waals surface area contributed by atoms with Crippen LogP contribution in [0.3, 0.4) is 0 Å². The summed E-state index contributed by atoms with van der Waals surface area (Å²) in [6, 6.07) is 19.0. The molecule has 0 bridgehead atoms. The topological polar surface area (TPSA) is 51.0 Å². The van der Waals surface area contributed by atoms with Gasteiger partial charge < -0.3 is 9.73 Å². The number of nitrogens with zero attached hydrogens (tertiary/aromatic N) is 2. The van der Waals surface area contributed by atoms with Crippen molar-refractivity contribution in [3.63, 3.8) is 0 Å². The van der Waals surface area contributed by atoms with Gasteiger partial charge in [-0.2, -0.15) is 0 Å². The first kappa shape index (κ1) is 19.6. The largest absolute Gasteiger partial charge is 0.418 e. The molecule has 0 amide bonds. The van der Waals surface area contributed by atoms with Crippen molar-refractivity contribution in [3.8, 4) is 11.5 Å². The van der Waals surface area contributed by atoms with Crippen molar-refractivity contribution in [2.75, 3.05) is 5.32 Å². The molecule has 4 aromatic rings.